The van der Waals surface area contributed by atoms with E-state index in [1.165, 1.54) is 5.56 Å². The first-order valence-electron chi connectivity index (χ1n) is 11.1. The van der Waals surface area contributed by atoms with Gasteiger partial charge in [0.1, 0.15) is 6.17 Å². The molecule has 3 heterocycles. The second kappa shape index (κ2) is 8.14. The van der Waals surface area contributed by atoms with Crippen molar-refractivity contribution in [1.82, 2.24) is 9.88 Å². The van der Waals surface area contributed by atoms with Gasteiger partial charge in [0.15, 0.2) is 0 Å². The van der Waals surface area contributed by atoms with Crippen LogP contribution >= 0.6 is 23.2 Å². The third-order valence-corrected chi connectivity index (χ3v) is 7.07. The highest BCUT2D eigenvalue weighted by atomic mass is 35.5. The minimum absolute atomic E-state index is 0.0280. The summed E-state index contributed by atoms with van der Waals surface area (Å²) in [5.74, 6) is -0.0280. The molecule has 0 bridgehead atoms. The summed E-state index contributed by atoms with van der Waals surface area (Å²) in [6.07, 6.45) is 1.50. The van der Waals surface area contributed by atoms with Crippen molar-refractivity contribution >= 4 is 45.7 Å². The quantitative estimate of drug-likeness (QED) is 0.348. The van der Waals surface area contributed by atoms with E-state index in [-0.39, 0.29) is 12.1 Å². The van der Waals surface area contributed by atoms with E-state index in [1.807, 2.05) is 53.4 Å². The number of hydrogen-bond donors (Lipinski definition) is 0. The van der Waals surface area contributed by atoms with Crippen LogP contribution in [0.4, 0.5) is 5.69 Å². The molecule has 1 amide bonds. The van der Waals surface area contributed by atoms with Crippen LogP contribution in [0.5, 0.6) is 0 Å². The lowest BCUT2D eigenvalue weighted by Crippen LogP contribution is -2.44. The summed E-state index contributed by atoms with van der Waals surface area (Å²) in [4.78, 5) is 23.2. The summed E-state index contributed by atoms with van der Waals surface area (Å²) in [5, 5.41) is 2.02. The first kappa shape index (κ1) is 20.7. The Labute approximate surface area is 202 Å². The fourth-order valence-corrected chi connectivity index (χ4v) is 5.47. The number of carbonyl (C=O) groups excluding carboxylic acids is 1. The Balaban J connectivity index is 1.50. The molecule has 3 aromatic carbocycles. The molecular weight excluding hydrogens is 453 g/mol. The summed E-state index contributed by atoms with van der Waals surface area (Å²) in [6, 6.07) is 23.6. The van der Waals surface area contributed by atoms with Gasteiger partial charge in [-0.25, -0.2) is 0 Å². The second-order valence-electron chi connectivity index (χ2n) is 8.56. The molecule has 1 atom stereocenters. The van der Waals surface area contributed by atoms with Gasteiger partial charge in [0.05, 0.1) is 11.1 Å². The number of rotatable bonds is 4. The predicted octanol–water partition coefficient (Wildman–Crippen LogP) is 6.30. The highest BCUT2D eigenvalue weighted by molar-refractivity contribution is 6.32. The molecule has 0 radical (unpaired) electrons. The highest BCUT2D eigenvalue weighted by Crippen LogP contribution is 2.46. The molecule has 0 N–H and O–H groups in total. The van der Waals surface area contributed by atoms with Gasteiger partial charge in [0.2, 0.25) is 0 Å². The standard InChI is InChI=1S/C27H21Cl2N3O/c28-18-7-4-8-20(15-18)32-26-25-23(12-14-31(26)13-11-17-5-2-1-3-6-17)30-22-10-9-19(29)16-21(22)24(25)27(32)33/h1-10,15-16,26H,11-14H2. The van der Waals surface area contributed by atoms with Gasteiger partial charge in [-0.3, -0.25) is 19.6 Å². The topological polar surface area (TPSA) is 36.4 Å². The lowest BCUT2D eigenvalue weighted by Gasteiger charge is -2.39. The van der Waals surface area contributed by atoms with Crippen molar-refractivity contribution in [2.75, 3.05) is 18.0 Å². The van der Waals surface area contributed by atoms with Gasteiger partial charge in [-0.15, -0.1) is 0 Å². The maximum Gasteiger partial charge on any atom is 0.261 e. The molecule has 0 saturated heterocycles. The molecular formula is C27H21Cl2N3O. The number of anilines is 1. The van der Waals surface area contributed by atoms with E-state index < -0.39 is 0 Å². The zero-order valence-corrected chi connectivity index (χ0v) is 19.4. The Morgan fingerprint density at radius 3 is 2.58 bits per heavy atom. The van der Waals surface area contributed by atoms with Gasteiger partial charge in [0, 0.05) is 51.9 Å². The maximum absolute atomic E-state index is 14.0. The first-order valence-corrected chi connectivity index (χ1v) is 11.8. The Morgan fingerprint density at radius 1 is 0.939 bits per heavy atom. The molecule has 1 aromatic heterocycles. The molecule has 6 heteroatoms. The summed E-state index contributed by atoms with van der Waals surface area (Å²) in [6.45, 7) is 1.67. The lowest BCUT2D eigenvalue weighted by molar-refractivity contribution is 0.0955. The fraction of sp³-hybridized carbons (Fsp3) is 0.185. The minimum atomic E-state index is -0.214. The summed E-state index contributed by atoms with van der Waals surface area (Å²) >= 11 is 12.7. The van der Waals surface area contributed by atoms with Crippen molar-refractivity contribution in [3.8, 4) is 0 Å². The van der Waals surface area contributed by atoms with Crippen LogP contribution in [0.2, 0.25) is 10.0 Å². The molecule has 6 rings (SSSR count). The third kappa shape index (κ3) is 3.50. The zero-order valence-electron chi connectivity index (χ0n) is 17.8. The molecule has 164 valence electrons. The van der Waals surface area contributed by atoms with Crippen molar-refractivity contribution in [1.29, 1.82) is 0 Å². The normalized spacial score (nSPS) is 17.6. The molecule has 1 unspecified atom stereocenters. The van der Waals surface area contributed by atoms with Crippen molar-refractivity contribution in [3.63, 3.8) is 0 Å². The molecule has 0 spiro atoms. The molecule has 33 heavy (non-hydrogen) atoms. The minimum Gasteiger partial charge on any atom is -0.288 e. The number of benzene rings is 3. The highest BCUT2D eigenvalue weighted by Gasteiger charge is 2.46. The second-order valence-corrected chi connectivity index (χ2v) is 9.43. The van der Waals surface area contributed by atoms with E-state index >= 15 is 0 Å². The van der Waals surface area contributed by atoms with Crippen molar-refractivity contribution < 1.29 is 4.79 Å². The van der Waals surface area contributed by atoms with E-state index in [2.05, 4.69) is 29.2 Å². The van der Waals surface area contributed by atoms with Gasteiger partial charge < -0.3 is 0 Å². The number of hydrogen-bond acceptors (Lipinski definition) is 3. The molecule has 4 aromatic rings. The maximum atomic E-state index is 14.0. The van der Waals surface area contributed by atoms with Crippen molar-refractivity contribution in [2.24, 2.45) is 0 Å². The van der Waals surface area contributed by atoms with Crippen LogP contribution in [0.3, 0.4) is 0 Å². The van der Waals surface area contributed by atoms with Crippen molar-refractivity contribution in [3.05, 3.63) is 105 Å². The number of amides is 1. The fourth-order valence-electron chi connectivity index (χ4n) is 5.11. The SMILES string of the molecule is O=C1c2c3c(nc4ccc(Cl)cc24)CCN(CCc2ccccc2)C3N1c1cccc(Cl)c1. The summed E-state index contributed by atoms with van der Waals surface area (Å²) < 4.78 is 0. The van der Waals surface area contributed by atoms with Crippen LogP contribution in [0.15, 0.2) is 72.8 Å². The first-order chi connectivity index (χ1) is 16.1. The molecule has 0 fully saturated rings. The van der Waals surface area contributed by atoms with E-state index in [1.54, 1.807) is 0 Å². The Hall–Kier alpha value is -2.92. The number of fused-ring (bicyclic) bond motifs is 2. The van der Waals surface area contributed by atoms with E-state index in [0.717, 1.165) is 53.8 Å². The average Bonchev–Trinajstić information content (AvgIpc) is 3.14. The van der Waals surface area contributed by atoms with Crippen LogP contribution in [0, 0.1) is 0 Å². The van der Waals surface area contributed by atoms with Gasteiger partial charge in [-0.2, -0.15) is 0 Å². The molecule has 2 aliphatic rings. The average molecular weight is 474 g/mol. The Bertz CT molecular complexity index is 1390. The molecule has 0 aliphatic carbocycles. The van der Waals surface area contributed by atoms with Crippen LogP contribution in [-0.2, 0) is 12.8 Å². The van der Waals surface area contributed by atoms with Crippen LogP contribution < -0.4 is 4.90 Å². The van der Waals surface area contributed by atoms with Crippen LogP contribution in [0.1, 0.15) is 33.3 Å². The van der Waals surface area contributed by atoms with Crippen LogP contribution in [0.25, 0.3) is 10.9 Å². The van der Waals surface area contributed by atoms with Gasteiger partial charge >= 0.3 is 0 Å². The number of halogens is 2. The molecule has 0 saturated carbocycles. The van der Waals surface area contributed by atoms with E-state index in [4.69, 9.17) is 28.2 Å². The monoisotopic (exact) mass is 473 g/mol. The summed E-state index contributed by atoms with van der Waals surface area (Å²) in [7, 11) is 0. The summed E-state index contributed by atoms with van der Waals surface area (Å²) in [5.41, 5.74) is 5.61. The Morgan fingerprint density at radius 2 is 1.76 bits per heavy atom. The van der Waals surface area contributed by atoms with Gasteiger partial charge in [-0.1, -0.05) is 59.6 Å². The predicted molar refractivity (Wildman–Crippen MR) is 133 cm³/mol. The van der Waals surface area contributed by atoms with Gasteiger partial charge in [-0.05, 0) is 48.4 Å². The van der Waals surface area contributed by atoms with Crippen molar-refractivity contribution in [2.45, 2.75) is 19.0 Å². The van der Waals surface area contributed by atoms with Gasteiger partial charge in [0.25, 0.3) is 5.91 Å². The number of carbonyl (C=O) groups is 1. The zero-order chi connectivity index (χ0) is 22.5. The Kier molecular flexibility index (Phi) is 5.10. The van der Waals surface area contributed by atoms with Crippen LogP contribution in [-0.4, -0.2) is 28.9 Å². The number of nitrogens with zero attached hydrogens (tertiary/aromatic N) is 3. The third-order valence-electron chi connectivity index (χ3n) is 6.60. The van der Waals surface area contributed by atoms with E-state index in [9.17, 15) is 4.79 Å². The molecule has 2 aliphatic heterocycles. The molecule has 4 nitrogen and oxygen atoms in total. The smallest absolute Gasteiger partial charge is 0.261 e. The lowest BCUT2D eigenvalue weighted by atomic mass is 9.96. The van der Waals surface area contributed by atoms with E-state index in [0.29, 0.717) is 15.6 Å². The largest absolute Gasteiger partial charge is 0.288 e. The number of aromatic nitrogens is 1. The number of pyridine rings is 1.